The van der Waals surface area contributed by atoms with Crippen LogP contribution in [-0.4, -0.2) is 11.6 Å². The normalized spacial score (nSPS) is 13.1. The summed E-state index contributed by atoms with van der Waals surface area (Å²) in [6.07, 6.45) is 2.21. The molecule has 3 heteroatoms. The molecule has 0 saturated heterocycles. The van der Waals surface area contributed by atoms with E-state index in [2.05, 4.69) is 6.58 Å². The number of hydrogen-bond acceptors (Lipinski definition) is 3. The third-order valence-corrected chi connectivity index (χ3v) is 1.31. The van der Waals surface area contributed by atoms with Crippen LogP contribution in [0.1, 0.15) is 41.5 Å². The van der Waals surface area contributed by atoms with E-state index in [1.165, 1.54) is 6.26 Å². The van der Waals surface area contributed by atoms with E-state index in [0.717, 1.165) is 6.10 Å². The molecule has 83 valence electrons. The second-order valence-corrected chi connectivity index (χ2v) is 4.20. The predicted octanol–water partition coefficient (Wildman–Crippen LogP) is 3.22. The fraction of sp³-hybridized carbons (Fsp3) is 0.727. The molecule has 0 spiro atoms. The van der Waals surface area contributed by atoms with Crippen molar-refractivity contribution in [2.24, 2.45) is 0 Å². The quantitative estimate of drug-likeness (QED) is 0.488. The molecule has 14 heavy (non-hydrogen) atoms. The van der Waals surface area contributed by atoms with Gasteiger partial charge in [0.2, 0.25) is 5.79 Å². The zero-order chi connectivity index (χ0) is 11.4. The Morgan fingerprint density at radius 2 is 1.57 bits per heavy atom. The van der Waals surface area contributed by atoms with Gasteiger partial charge >= 0.3 is 0 Å². The second-order valence-electron chi connectivity index (χ2n) is 4.20. The van der Waals surface area contributed by atoms with Gasteiger partial charge in [0.05, 0.1) is 12.4 Å². The van der Waals surface area contributed by atoms with E-state index in [0.29, 0.717) is 0 Å². The molecule has 0 aromatic carbocycles. The van der Waals surface area contributed by atoms with E-state index < -0.39 is 11.6 Å². The molecular weight excluding hydrogens is 180 g/mol. The van der Waals surface area contributed by atoms with Crippen LogP contribution in [0.5, 0.6) is 0 Å². The minimum atomic E-state index is -0.735. The van der Waals surface area contributed by atoms with Crippen molar-refractivity contribution < 1.29 is 14.2 Å². The van der Waals surface area contributed by atoms with Gasteiger partial charge in [-0.2, -0.15) is 0 Å². The van der Waals surface area contributed by atoms with Crippen molar-refractivity contribution in [1.29, 1.82) is 0 Å². The van der Waals surface area contributed by atoms with Crippen LogP contribution in [0, 0.1) is 6.10 Å². The Bertz CT molecular complexity index is 183. The molecule has 0 aliphatic rings. The molecule has 0 heterocycles. The first-order chi connectivity index (χ1) is 6.18. The molecule has 0 bridgehead atoms. The minimum absolute atomic E-state index is 0.703. The summed E-state index contributed by atoms with van der Waals surface area (Å²) in [6.45, 7) is 14.6. The lowest BCUT2D eigenvalue weighted by atomic mass is 10.3. The van der Waals surface area contributed by atoms with Crippen molar-refractivity contribution in [1.82, 2.24) is 0 Å². The highest BCUT2D eigenvalue weighted by Crippen LogP contribution is 2.25. The van der Waals surface area contributed by atoms with E-state index in [4.69, 9.17) is 14.2 Å². The van der Waals surface area contributed by atoms with Gasteiger partial charge in [0.25, 0.3) is 0 Å². The number of rotatable bonds is 6. The molecule has 0 rings (SSSR count). The van der Waals surface area contributed by atoms with E-state index in [9.17, 15) is 0 Å². The lowest BCUT2D eigenvalue weighted by Gasteiger charge is -2.35. The third-order valence-electron chi connectivity index (χ3n) is 1.31. The van der Waals surface area contributed by atoms with E-state index >= 15 is 0 Å². The summed E-state index contributed by atoms with van der Waals surface area (Å²) in [5.41, 5.74) is 0. The largest absolute Gasteiger partial charge is 0.471 e. The second kappa shape index (κ2) is 4.80. The van der Waals surface area contributed by atoms with E-state index in [-0.39, 0.29) is 0 Å². The molecule has 0 aliphatic carbocycles. The van der Waals surface area contributed by atoms with Crippen molar-refractivity contribution >= 4 is 0 Å². The van der Waals surface area contributed by atoms with Crippen LogP contribution in [0.2, 0.25) is 0 Å². The highest BCUT2D eigenvalue weighted by molar-refractivity contribution is 4.71. The van der Waals surface area contributed by atoms with Crippen LogP contribution in [0.4, 0.5) is 0 Å². The van der Waals surface area contributed by atoms with Crippen LogP contribution in [0.15, 0.2) is 12.8 Å². The maximum Gasteiger partial charge on any atom is 0.206 e. The fourth-order valence-electron chi connectivity index (χ4n) is 1.33. The van der Waals surface area contributed by atoms with Crippen LogP contribution in [-0.2, 0) is 14.2 Å². The van der Waals surface area contributed by atoms with Crippen molar-refractivity contribution in [2.45, 2.75) is 53.1 Å². The molecule has 1 radical (unpaired) electrons. The standard InChI is InChI=1S/C11H21O3/c1-8-12-10(4,5)14-11(6,7)13-9(2)3/h8H,1H2,2-7H3. The molecule has 0 aliphatic heterocycles. The van der Waals surface area contributed by atoms with Gasteiger partial charge < -0.3 is 14.2 Å². The topological polar surface area (TPSA) is 27.7 Å². The summed E-state index contributed by atoms with van der Waals surface area (Å²) in [5, 5.41) is 0. The SMILES string of the molecule is C=COC(C)(C)OC(C)(C)O[C](C)C. The van der Waals surface area contributed by atoms with Crippen LogP contribution in [0.25, 0.3) is 0 Å². The summed E-state index contributed by atoms with van der Waals surface area (Å²) in [6, 6.07) is 0. The molecule has 0 aromatic rings. The van der Waals surface area contributed by atoms with Gasteiger partial charge in [-0.15, -0.1) is 0 Å². The Labute approximate surface area is 87.0 Å². The van der Waals surface area contributed by atoms with Crippen molar-refractivity contribution in [3.05, 3.63) is 18.9 Å². The average molecular weight is 201 g/mol. The van der Waals surface area contributed by atoms with Gasteiger partial charge in [0, 0.05) is 13.8 Å². The summed E-state index contributed by atoms with van der Waals surface area (Å²) >= 11 is 0. The molecule has 0 amide bonds. The average Bonchev–Trinajstić information content (AvgIpc) is 1.78. The Hall–Kier alpha value is -0.540. The van der Waals surface area contributed by atoms with Gasteiger partial charge in [-0.3, -0.25) is 0 Å². The Kier molecular flexibility index (Phi) is 4.62. The molecule has 0 aromatic heterocycles. The molecule has 0 unspecified atom stereocenters. The summed E-state index contributed by atoms with van der Waals surface area (Å²) in [7, 11) is 0. The van der Waals surface area contributed by atoms with E-state index in [1.54, 1.807) is 0 Å². The first kappa shape index (κ1) is 13.5. The molecule has 0 saturated carbocycles. The fourth-order valence-corrected chi connectivity index (χ4v) is 1.33. The van der Waals surface area contributed by atoms with Gasteiger partial charge in [0.1, 0.15) is 0 Å². The van der Waals surface area contributed by atoms with Crippen molar-refractivity contribution in [2.75, 3.05) is 0 Å². The summed E-state index contributed by atoms with van der Waals surface area (Å²) < 4.78 is 16.3. The number of ether oxygens (including phenoxy) is 3. The first-order valence-electron chi connectivity index (χ1n) is 4.66. The van der Waals surface area contributed by atoms with Gasteiger partial charge in [0.15, 0.2) is 5.79 Å². The maximum atomic E-state index is 5.64. The molecule has 0 N–H and O–H groups in total. The van der Waals surface area contributed by atoms with Gasteiger partial charge in [-0.25, -0.2) is 0 Å². The lowest BCUT2D eigenvalue weighted by Crippen LogP contribution is -2.40. The van der Waals surface area contributed by atoms with Crippen molar-refractivity contribution in [3.8, 4) is 0 Å². The zero-order valence-corrected chi connectivity index (χ0v) is 10.0. The van der Waals surface area contributed by atoms with Gasteiger partial charge in [-0.1, -0.05) is 6.58 Å². The van der Waals surface area contributed by atoms with Gasteiger partial charge in [-0.05, 0) is 27.7 Å². The van der Waals surface area contributed by atoms with Crippen molar-refractivity contribution in [3.63, 3.8) is 0 Å². The maximum absolute atomic E-state index is 5.64. The predicted molar refractivity (Wildman–Crippen MR) is 56.2 cm³/mol. The van der Waals surface area contributed by atoms with Crippen LogP contribution < -0.4 is 0 Å². The highest BCUT2D eigenvalue weighted by atomic mass is 16.8. The Morgan fingerprint density at radius 3 is 1.93 bits per heavy atom. The molecule has 0 atom stereocenters. The van der Waals surface area contributed by atoms with Crippen LogP contribution in [0.3, 0.4) is 0 Å². The highest BCUT2D eigenvalue weighted by Gasteiger charge is 2.31. The Morgan fingerprint density at radius 1 is 1.07 bits per heavy atom. The summed E-state index contributed by atoms with van der Waals surface area (Å²) in [5.74, 6) is -1.44. The lowest BCUT2D eigenvalue weighted by molar-refractivity contribution is -0.317. The number of hydrogen-bond donors (Lipinski definition) is 0. The molecule has 0 fully saturated rings. The molecular formula is C11H21O3. The van der Waals surface area contributed by atoms with E-state index in [1.807, 2.05) is 41.5 Å². The van der Waals surface area contributed by atoms with Crippen LogP contribution >= 0.6 is 0 Å². The smallest absolute Gasteiger partial charge is 0.206 e. The monoisotopic (exact) mass is 201 g/mol. The summed E-state index contributed by atoms with van der Waals surface area (Å²) in [4.78, 5) is 0. The minimum Gasteiger partial charge on any atom is -0.471 e. The molecule has 3 nitrogen and oxygen atoms in total. The first-order valence-corrected chi connectivity index (χ1v) is 4.66. The zero-order valence-electron chi connectivity index (χ0n) is 10.0. The third kappa shape index (κ3) is 6.00. The Balaban J connectivity index is 4.25.